The van der Waals surface area contributed by atoms with Crippen molar-refractivity contribution in [2.45, 2.75) is 17.9 Å². The highest BCUT2D eigenvalue weighted by Gasteiger charge is 2.24. The number of sulfone groups is 1. The highest BCUT2D eigenvalue weighted by atomic mass is 32.2. The maximum absolute atomic E-state index is 12.8. The number of imidazole rings is 1. The lowest BCUT2D eigenvalue weighted by atomic mass is 10.0. The predicted octanol–water partition coefficient (Wildman–Crippen LogP) is 3.37. The van der Waals surface area contributed by atoms with Crippen LogP contribution in [0.4, 0.5) is 11.4 Å². The Balaban J connectivity index is 1.25. The van der Waals surface area contributed by atoms with Gasteiger partial charge < -0.3 is 16.0 Å². The molecule has 2 aromatic carbocycles. The number of amides is 1. The number of nitrogens with zero attached hydrogens (tertiary/aromatic N) is 2. The van der Waals surface area contributed by atoms with Crippen LogP contribution in [0.5, 0.6) is 0 Å². The summed E-state index contributed by atoms with van der Waals surface area (Å²) in [7, 11) is -3.31. The Labute approximate surface area is 203 Å². The van der Waals surface area contributed by atoms with Crippen LogP contribution in [0, 0.1) is 5.92 Å². The van der Waals surface area contributed by atoms with Gasteiger partial charge in [0.25, 0.3) is 5.91 Å². The molecule has 1 unspecified atom stereocenters. The van der Waals surface area contributed by atoms with E-state index in [1.165, 1.54) is 0 Å². The van der Waals surface area contributed by atoms with Crippen LogP contribution in [0.1, 0.15) is 22.3 Å². The Morgan fingerprint density at radius 2 is 1.94 bits per heavy atom. The number of hydrogen-bond acceptors (Lipinski definition) is 6. The van der Waals surface area contributed by atoms with E-state index in [9.17, 15) is 13.2 Å². The second-order valence-corrected chi connectivity index (χ2v) is 11.1. The van der Waals surface area contributed by atoms with Crippen molar-refractivity contribution in [1.29, 1.82) is 0 Å². The van der Waals surface area contributed by atoms with Crippen molar-refractivity contribution >= 4 is 32.8 Å². The van der Waals surface area contributed by atoms with E-state index in [2.05, 4.69) is 20.9 Å². The molecular weight excluding hydrogens is 462 g/mol. The highest BCUT2D eigenvalue weighted by Crippen LogP contribution is 2.30. The van der Waals surface area contributed by atoms with Crippen molar-refractivity contribution < 1.29 is 13.2 Å². The molecule has 0 aliphatic carbocycles. The molecule has 2 aromatic heterocycles. The van der Waals surface area contributed by atoms with E-state index in [1.54, 1.807) is 30.5 Å². The van der Waals surface area contributed by atoms with Crippen molar-refractivity contribution in [3.63, 3.8) is 0 Å². The molecule has 4 aromatic rings. The van der Waals surface area contributed by atoms with E-state index in [0.717, 1.165) is 58.9 Å². The third-order valence-corrected chi connectivity index (χ3v) is 8.64. The third kappa shape index (κ3) is 4.06. The van der Waals surface area contributed by atoms with Gasteiger partial charge in [0.2, 0.25) is 0 Å². The van der Waals surface area contributed by atoms with E-state index in [0.29, 0.717) is 11.4 Å². The van der Waals surface area contributed by atoms with Gasteiger partial charge in [-0.05, 0) is 85.1 Å². The Kier molecular flexibility index (Phi) is 5.31. The molecule has 1 saturated heterocycles. The molecule has 3 N–H and O–H groups in total. The summed E-state index contributed by atoms with van der Waals surface area (Å²) in [4.78, 5) is 16.8. The Morgan fingerprint density at radius 1 is 1.09 bits per heavy atom. The molecule has 0 spiro atoms. The molecule has 0 radical (unpaired) electrons. The number of pyridine rings is 1. The van der Waals surface area contributed by atoms with Crippen LogP contribution >= 0.6 is 0 Å². The summed E-state index contributed by atoms with van der Waals surface area (Å²) < 4.78 is 27.6. The first-order valence-electron chi connectivity index (χ1n) is 11.7. The van der Waals surface area contributed by atoms with Gasteiger partial charge >= 0.3 is 0 Å². The van der Waals surface area contributed by atoms with Crippen molar-refractivity contribution in [3.8, 4) is 11.3 Å². The minimum Gasteiger partial charge on any atom is -0.352 e. The zero-order valence-corrected chi connectivity index (χ0v) is 19.8. The van der Waals surface area contributed by atoms with Crippen molar-refractivity contribution in [2.24, 2.45) is 5.92 Å². The fourth-order valence-corrected chi connectivity index (χ4v) is 6.55. The van der Waals surface area contributed by atoms with Crippen LogP contribution in [0.25, 0.3) is 16.9 Å². The van der Waals surface area contributed by atoms with Crippen molar-refractivity contribution in [2.75, 3.05) is 24.2 Å². The molecule has 9 heteroatoms. The summed E-state index contributed by atoms with van der Waals surface area (Å²) in [5, 5.41) is 9.45. The number of rotatable bonds is 6. The molecule has 178 valence electrons. The smallest absolute Gasteiger partial charge is 0.251 e. The number of carbonyl (C=O) groups is 1. The van der Waals surface area contributed by atoms with Gasteiger partial charge in [0, 0.05) is 30.2 Å². The first kappa shape index (κ1) is 21.8. The molecule has 6 rings (SSSR count). The predicted molar refractivity (Wildman–Crippen MR) is 135 cm³/mol. The average molecular weight is 488 g/mol. The van der Waals surface area contributed by atoms with Gasteiger partial charge in [-0.25, -0.2) is 13.4 Å². The van der Waals surface area contributed by atoms with Crippen LogP contribution < -0.4 is 16.0 Å². The molecule has 1 amide bonds. The summed E-state index contributed by atoms with van der Waals surface area (Å²) >= 11 is 0. The van der Waals surface area contributed by atoms with Crippen LogP contribution in [-0.2, 0) is 16.4 Å². The Bertz CT molecular complexity index is 1540. The van der Waals surface area contributed by atoms with Crippen molar-refractivity contribution in [3.05, 3.63) is 78.1 Å². The van der Waals surface area contributed by atoms with Crippen LogP contribution in [0.15, 0.2) is 71.9 Å². The van der Waals surface area contributed by atoms with E-state index in [4.69, 9.17) is 0 Å². The maximum Gasteiger partial charge on any atom is 0.251 e. The number of hydrogen-bond donors (Lipinski definition) is 3. The summed E-state index contributed by atoms with van der Waals surface area (Å²) in [6.45, 7) is 2.18. The fourth-order valence-electron chi connectivity index (χ4n) is 4.90. The summed E-state index contributed by atoms with van der Waals surface area (Å²) in [5.74, 6) is 0.316. The average Bonchev–Trinajstić information content (AvgIpc) is 3.61. The summed E-state index contributed by atoms with van der Waals surface area (Å²) in [6.07, 6.45) is 4.55. The van der Waals surface area contributed by atoms with E-state index in [-0.39, 0.29) is 17.6 Å². The van der Waals surface area contributed by atoms with Gasteiger partial charge in [-0.2, -0.15) is 0 Å². The lowest BCUT2D eigenvalue weighted by Crippen LogP contribution is -2.18. The second kappa shape index (κ2) is 8.51. The van der Waals surface area contributed by atoms with Crippen LogP contribution in [0.2, 0.25) is 0 Å². The van der Waals surface area contributed by atoms with Gasteiger partial charge in [-0.1, -0.05) is 6.07 Å². The topological polar surface area (TPSA) is 105 Å². The number of anilines is 2. The quantitative estimate of drug-likeness (QED) is 0.385. The molecule has 0 bridgehead atoms. The van der Waals surface area contributed by atoms with Gasteiger partial charge in [0.15, 0.2) is 15.5 Å². The lowest BCUT2D eigenvalue weighted by Gasteiger charge is -2.13. The minimum atomic E-state index is -3.31. The normalized spacial score (nSPS) is 17.5. The third-order valence-electron chi connectivity index (χ3n) is 6.74. The van der Waals surface area contributed by atoms with Crippen LogP contribution in [0.3, 0.4) is 0 Å². The zero-order valence-electron chi connectivity index (χ0n) is 19.0. The van der Waals surface area contributed by atoms with Gasteiger partial charge in [-0.15, -0.1) is 0 Å². The maximum atomic E-state index is 12.8. The summed E-state index contributed by atoms with van der Waals surface area (Å²) in [6, 6.07) is 16.7. The second-order valence-electron chi connectivity index (χ2n) is 9.10. The van der Waals surface area contributed by atoms with Gasteiger partial charge in [-0.3, -0.25) is 9.20 Å². The molecule has 4 heterocycles. The largest absolute Gasteiger partial charge is 0.352 e. The van der Waals surface area contributed by atoms with E-state index in [1.807, 2.05) is 40.9 Å². The number of carbonyl (C=O) groups excluding carboxylic acids is 1. The first-order valence-corrected chi connectivity index (χ1v) is 13.3. The van der Waals surface area contributed by atoms with E-state index >= 15 is 0 Å². The Morgan fingerprint density at radius 3 is 2.74 bits per heavy atom. The van der Waals surface area contributed by atoms with E-state index < -0.39 is 9.84 Å². The molecule has 8 nitrogen and oxygen atoms in total. The fraction of sp³-hybridized carbons (Fsp3) is 0.231. The number of benzene rings is 2. The molecule has 2 aliphatic heterocycles. The number of aromatic nitrogens is 2. The van der Waals surface area contributed by atoms with Crippen LogP contribution in [-0.4, -0.2) is 42.6 Å². The molecule has 2 aliphatic rings. The first-order chi connectivity index (χ1) is 17.0. The zero-order chi connectivity index (χ0) is 24.0. The SMILES string of the molecule is O=C1NCc2cc(-c3ccc(Nc4ccc(S(=O)(=O)CC5CCNC5)cc4)c4nccn34)ccc21. The highest BCUT2D eigenvalue weighted by molar-refractivity contribution is 7.91. The molecule has 1 atom stereocenters. The molecular formula is C26H25N5O3S. The lowest BCUT2D eigenvalue weighted by molar-refractivity contribution is 0.0965. The van der Waals surface area contributed by atoms with Crippen molar-refractivity contribution in [1.82, 2.24) is 20.0 Å². The minimum absolute atomic E-state index is 0.0340. The van der Waals surface area contributed by atoms with Gasteiger partial charge in [0.1, 0.15) is 0 Å². The number of fused-ring (bicyclic) bond motifs is 2. The Hall–Kier alpha value is -3.69. The molecule has 0 saturated carbocycles. The number of nitrogens with one attached hydrogen (secondary N) is 3. The molecule has 1 fully saturated rings. The summed E-state index contributed by atoms with van der Waals surface area (Å²) in [5.41, 5.74) is 6.02. The van der Waals surface area contributed by atoms with Gasteiger partial charge in [0.05, 0.1) is 22.0 Å². The monoisotopic (exact) mass is 487 g/mol. The standard InChI is InChI=1S/C26H25N5O3S/c32-26-22-6-1-18(13-19(22)15-29-26)24-8-7-23(25-28-11-12-31(24)25)30-20-2-4-21(5-3-20)35(33,34)16-17-9-10-27-14-17/h1-8,11-13,17,27,30H,9-10,14-16H2,(H,29,32). The molecule has 35 heavy (non-hydrogen) atoms.